The number of likely N-dealkylation sites (tertiary alicyclic amines) is 2. The second kappa shape index (κ2) is 13.0. The lowest BCUT2D eigenvalue weighted by molar-refractivity contribution is 0.00944. The van der Waals surface area contributed by atoms with E-state index in [1.807, 2.05) is 52.6 Å². The molecular weight excluding hydrogens is 652 g/mol. The number of benzene rings is 3. The summed E-state index contributed by atoms with van der Waals surface area (Å²) in [4.78, 5) is 47.0. The second-order valence-corrected chi connectivity index (χ2v) is 16.9. The summed E-state index contributed by atoms with van der Waals surface area (Å²) in [6, 6.07) is 19.3. The van der Waals surface area contributed by atoms with E-state index in [0.717, 1.165) is 94.4 Å². The molecule has 2 saturated heterocycles. The van der Waals surface area contributed by atoms with E-state index in [0.29, 0.717) is 12.5 Å². The van der Waals surface area contributed by atoms with Crippen molar-refractivity contribution in [1.29, 1.82) is 0 Å². The molecule has 8 rings (SSSR count). The molecule has 0 radical (unpaired) electrons. The van der Waals surface area contributed by atoms with Gasteiger partial charge in [0.15, 0.2) is 0 Å². The van der Waals surface area contributed by atoms with Gasteiger partial charge in [0.05, 0.1) is 35.0 Å². The molecule has 4 atom stereocenters. The van der Waals surface area contributed by atoms with Crippen LogP contribution in [0, 0.1) is 5.92 Å². The van der Waals surface area contributed by atoms with E-state index in [1.54, 1.807) is 4.90 Å². The van der Waals surface area contributed by atoms with Gasteiger partial charge in [0.2, 0.25) is 0 Å². The van der Waals surface area contributed by atoms with Gasteiger partial charge in [0, 0.05) is 18.2 Å². The SMILES string of the molecule is CC(C)(C)OC(=O)N1CCC[C@H]1c1ncc(-c2ccc3cc(-c4ccc5nc([C@@H]6C[C@@H]7CCCC[C@@H]7N6C(=O)OC(C)(C)C)[nH]c5c4)ccc3c2)[nH]1. The molecule has 0 unspecified atom stereocenters. The van der Waals surface area contributed by atoms with Crippen LogP contribution >= 0.6 is 0 Å². The zero-order chi connectivity index (χ0) is 36.4. The number of carbonyl (C=O) groups is 2. The fourth-order valence-corrected chi connectivity index (χ4v) is 8.48. The molecule has 2 aromatic heterocycles. The van der Waals surface area contributed by atoms with Crippen LogP contribution in [0.3, 0.4) is 0 Å². The van der Waals surface area contributed by atoms with Crippen LogP contribution < -0.4 is 0 Å². The fraction of sp³-hybridized carbons (Fsp3) is 0.476. The first-order valence-corrected chi connectivity index (χ1v) is 18.9. The molecule has 0 spiro atoms. The molecule has 10 nitrogen and oxygen atoms in total. The average molecular weight is 703 g/mol. The van der Waals surface area contributed by atoms with Gasteiger partial charge >= 0.3 is 12.2 Å². The summed E-state index contributed by atoms with van der Waals surface area (Å²) in [5.41, 5.74) is 4.94. The number of hydrogen-bond donors (Lipinski definition) is 2. The number of fused-ring (bicyclic) bond motifs is 3. The number of nitrogens with one attached hydrogen (secondary N) is 2. The summed E-state index contributed by atoms with van der Waals surface area (Å²) in [6.45, 7) is 12.1. The molecule has 4 heterocycles. The number of nitrogens with zero attached hydrogens (tertiary/aromatic N) is 4. The molecule has 3 aromatic carbocycles. The molecule has 272 valence electrons. The van der Waals surface area contributed by atoms with Crippen molar-refractivity contribution in [2.75, 3.05) is 6.54 Å². The Morgan fingerprint density at radius 3 is 2.17 bits per heavy atom. The minimum Gasteiger partial charge on any atom is -0.444 e. The van der Waals surface area contributed by atoms with Gasteiger partial charge in [-0.1, -0.05) is 43.2 Å². The van der Waals surface area contributed by atoms with Crippen LogP contribution in [-0.4, -0.2) is 65.7 Å². The summed E-state index contributed by atoms with van der Waals surface area (Å²) < 4.78 is 11.6. The normalized spacial score (nSPS) is 22.3. The van der Waals surface area contributed by atoms with Crippen LogP contribution in [0.4, 0.5) is 9.59 Å². The van der Waals surface area contributed by atoms with Gasteiger partial charge < -0.3 is 19.4 Å². The Kier molecular flexibility index (Phi) is 8.54. The lowest BCUT2D eigenvalue weighted by atomic mass is 9.85. The van der Waals surface area contributed by atoms with E-state index in [-0.39, 0.29) is 30.3 Å². The summed E-state index contributed by atoms with van der Waals surface area (Å²) in [5, 5.41) is 2.27. The second-order valence-electron chi connectivity index (χ2n) is 16.9. The minimum absolute atomic E-state index is 0.123. The molecule has 2 N–H and O–H groups in total. The predicted octanol–water partition coefficient (Wildman–Crippen LogP) is 10.1. The van der Waals surface area contributed by atoms with Gasteiger partial charge in [-0.25, -0.2) is 19.6 Å². The summed E-state index contributed by atoms with van der Waals surface area (Å²) in [6.07, 6.45) is 8.53. The van der Waals surface area contributed by atoms with Crippen molar-refractivity contribution in [2.24, 2.45) is 5.92 Å². The molecule has 1 aliphatic carbocycles. The molecule has 52 heavy (non-hydrogen) atoms. The smallest absolute Gasteiger partial charge is 0.411 e. The van der Waals surface area contributed by atoms with Gasteiger partial charge in [-0.15, -0.1) is 0 Å². The minimum atomic E-state index is -0.552. The Morgan fingerprint density at radius 1 is 0.731 bits per heavy atom. The number of rotatable bonds is 4. The van der Waals surface area contributed by atoms with Crippen LogP contribution in [0.25, 0.3) is 44.2 Å². The third-order valence-corrected chi connectivity index (χ3v) is 10.8. The van der Waals surface area contributed by atoms with Gasteiger partial charge in [-0.3, -0.25) is 9.80 Å². The molecular formula is C42H50N6O4. The Morgan fingerprint density at radius 2 is 1.40 bits per heavy atom. The number of ether oxygens (including phenoxy) is 2. The van der Waals surface area contributed by atoms with Crippen LogP contribution in [-0.2, 0) is 9.47 Å². The van der Waals surface area contributed by atoms with Crippen LogP contribution in [0.2, 0.25) is 0 Å². The zero-order valence-electron chi connectivity index (χ0n) is 31.2. The number of hydrogen-bond acceptors (Lipinski definition) is 6. The largest absolute Gasteiger partial charge is 0.444 e. The summed E-state index contributed by atoms with van der Waals surface area (Å²) >= 11 is 0. The van der Waals surface area contributed by atoms with E-state index >= 15 is 0 Å². The molecule has 0 bridgehead atoms. The molecule has 2 amide bonds. The van der Waals surface area contributed by atoms with E-state index < -0.39 is 11.2 Å². The summed E-state index contributed by atoms with van der Waals surface area (Å²) in [5.74, 6) is 2.10. The topological polar surface area (TPSA) is 116 Å². The van der Waals surface area contributed by atoms with Crippen molar-refractivity contribution in [3.63, 3.8) is 0 Å². The number of aromatic nitrogens is 4. The molecule has 1 saturated carbocycles. The van der Waals surface area contributed by atoms with E-state index in [1.165, 1.54) is 6.42 Å². The van der Waals surface area contributed by atoms with E-state index in [4.69, 9.17) is 19.4 Å². The van der Waals surface area contributed by atoms with Crippen molar-refractivity contribution in [3.05, 3.63) is 72.4 Å². The number of carbonyl (C=O) groups excluding carboxylic acids is 2. The molecule has 5 aromatic rings. The quantitative estimate of drug-likeness (QED) is 0.193. The maximum atomic E-state index is 13.5. The highest BCUT2D eigenvalue weighted by Gasteiger charge is 2.47. The zero-order valence-corrected chi connectivity index (χ0v) is 31.2. The molecule has 10 heteroatoms. The summed E-state index contributed by atoms with van der Waals surface area (Å²) in [7, 11) is 0. The number of imidazole rings is 2. The molecule has 3 fully saturated rings. The third kappa shape index (κ3) is 6.75. The van der Waals surface area contributed by atoms with Gasteiger partial charge in [0.1, 0.15) is 22.9 Å². The fourth-order valence-electron chi connectivity index (χ4n) is 8.48. The van der Waals surface area contributed by atoms with Crippen molar-refractivity contribution >= 4 is 34.0 Å². The Labute approximate surface area is 305 Å². The van der Waals surface area contributed by atoms with Gasteiger partial charge in [-0.2, -0.15) is 0 Å². The van der Waals surface area contributed by atoms with Crippen molar-refractivity contribution < 1.29 is 19.1 Å². The molecule has 3 aliphatic rings. The predicted molar refractivity (Wildman–Crippen MR) is 203 cm³/mol. The Hall–Kier alpha value is -4.86. The van der Waals surface area contributed by atoms with Gasteiger partial charge in [-0.05, 0) is 126 Å². The van der Waals surface area contributed by atoms with Crippen LogP contribution in [0.1, 0.15) is 110 Å². The van der Waals surface area contributed by atoms with Crippen LogP contribution in [0.15, 0.2) is 60.8 Å². The highest BCUT2D eigenvalue weighted by molar-refractivity contribution is 5.92. The lowest BCUT2D eigenvalue weighted by Gasteiger charge is -2.34. The maximum Gasteiger partial charge on any atom is 0.411 e. The number of aromatic amines is 2. The van der Waals surface area contributed by atoms with E-state index in [2.05, 4.69) is 64.6 Å². The Bertz CT molecular complexity index is 2140. The van der Waals surface area contributed by atoms with Gasteiger partial charge in [0.25, 0.3) is 0 Å². The number of amides is 2. The van der Waals surface area contributed by atoms with Crippen molar-refractivity contribution in [1.82, 2.24) is 29.7 Å². The monoisotopic (exact) mass is 702 g/mol. The van der Waals surface area contributed by atoms with Crippen molar-refractivity contribution in [2.45, 2.75) is 116 Å². The highest BCUT2D eigenvalue weighted by atomic mass is 16.6. The number of H-pyrrole nitrogens is 2. The first-order chi connectivity index (χ1) is 24.8. The lowest BCUT2D eigenvalue weighted by Crippen LogP contribution is -2.43. The maximum absolute atomic E-state index is 13.5. The first-order valence-electron chi connectivity index (χ1n) is 18.9. The first kappa shape index (κ1) is 34.2. The van der Waals surface area contributed by atoms with E-state index in [9.17, 15) is 9.59 Å². The van der Waals surface area contributed by atoms with Crippen molar-refractivity contribution in [3.8, 4) is 22.4 Å². The Balaban J connectivity index is 1.02. The average Bonchev–Trinajstić information content (AvgIpc) is 3.90. The standard InChI is InChI=1S/C42H50N6O4/c1-41(2,3)51-39(49)47-19-9-12-35(47)37-43-24-33(46-37)29-16-15-25-20-26(13-14-27(25)21-29)28-17-18-31-32(22-28)45-38(44-31)36-23-30-10-7-8-11-34(30)48(36)40(50)52-42(4,5)6/h13-18,20-22,24,30,34-36H,7-12,19,23H2,1-6H3,(H,43,46)(H,44,45)/t30-,34-,35-,36-/m0/s1. The molecule has 2 aliphatic heterocycles. The highest BCUT2D eigenvalue weighted by Crippen LogP contribution is 2.46. The third-order valence-electron chi connectivity index (χ3n) is 10.8. The van der Waals surface area contributed by atoms with Crippen LogP contribution in [0.5, 0.6) is 0 Å².